The Labute approximate surface area is 186 Å². The monoisotopic (exact) mass is 449 g/mol. The van der Waals surface area contributed by atoms with Crippen LogP contribution in [0.4, 0.5) is 5.69 Å². The topological polar surface area (TPSA) is 90.3 Å². The number of ether oxygens (including phenoxy) is 1. The van der Waals surface area contributed by atoms with E-state index in [0.717, 1.165) is 22.9 Å². The number of fused-ring (bicyclic) bond motifs is 1. The van der Waals surface area contributed by atoms with Gasteiger partial charge in [-0.05, 0) is 48.9 Å². The van der Waals surface area contributed by atoms with Gasteiger partial charge in [-0.25, -0.2) is 13.4 Å². The molecule has 1 aromatic heterocycles. The molecule has 0 saturated carbocycles. The third-order valence-corrected chi connectivity index (χ3v) is 6.17. The van der Waals surface area contributed by atoms with Crippen molar-refractivity contribution in [2.24, 2.45) is 0 Å². The van der Waals surface area contributed by atoms with E-state index in [1.165, 1.54) is 12.1 Å². The largest absolute Gasteiger partial charge is 0.486 e. The average molecular weight is 450 g/mol. The first-order valence-corrected chi connectivity index (χ1v) is 11.9. The van der Waals surface area contributed by atoms with Crippen LogP contribution in [0, 0.1) is 6.92 Å². The van der Waals surface area contributed by atoms with E-state index < -0.39 is 9.84 Å². The molecule has 0 atom stereocenters. The van der Waals surface area contributed by atoms with Gasteiger partial charge in [0.25, 0.3) is 0 Å². The van der Waals surface area contributed by atoms with Gasteiger partial charge < -0.3 is 14.6 Å². The van der Waals surface area contributed by atoms with Crippen molar-refractivity contribution in [2.75, 3.05) is 11.6 Å². The van der Waals surface area contributed by atoms with Gasteiger partial charge in [-0.1, -0.05) is 36.4 Å². The maximum Gasteiger partial charge on any atom is 0.244 e. The minimum absolute atomic E-state index is 0.0105. The molecule has 0 saturated heterocycles. The number of nitrogens with one attached hydrogen (secondary N) is 1. The number of hydrogen-bond donors (Lipinski definition) is 1. The summed E-state index contributed by atoms with van der Waals surface area (Å²) in [5.74, 6) is 1.04. The molecule has 1 heterocycles. The molecule has 0 aliphatic carbocycles. The van der Waals surface area contributed by atoms with Crippen molar-refractivity contribution in [1.29, 1.82) is 0 Å². The van der Waals surface area contributed by atoms with E-state index in [9.17, 15) is 13.2 Å². The third kappa shape index (κ3) is 4.81. The number of carbonyl (C=O) groups excluding carboxylic acids is 1. The fourth-order valence-electron chi connectivity index (χ4n) is 3.38. The predicted octanol–water partition coefficient (Wildman–Crippen LogP) is 3.97. The standard InChI is InChI=1S/C24H23N3O4S/c1-17-12-13-19(32(2,29)30)14-21(17)26-24(28)15-27-22-11-7-6-10-20(22)25-23(27)16-31-18-8-4-3-5-9-18/h3-14H,15-16H2,1-2H3,(H,26,28). The maximum atomic E-state index is 12.9. The first-order chi connectivity index (χ1) is 15.3. The van der Waals surface area contributed by atoms with E-state index in [0.29, 0.717) is 17.3 Å². The number of hydrogen-bond acceptors (Lipinski definition) is 5. The van der Waals surface area contributed by atoms with Gasteiger partial charge in [-0.2, -0.15) is 0 Å². The summed E-state index contributed by atoms with van der Waals surface area (Å²) in [4.78, 5) is 17.7. The first-order valence-electron chi connectivity index (χ1n) is 10.0. The molecular weight excluding hydrogens is 426 g/mol. The molecule has 0 aliphatic heterocycles. The number of anilines is 1. The van der Waals surface area contributed by atoms with Crippen LogP contribution in [0.3, 0.4) is 0 Å². The van der Waals surface area contributed by atoms with Crippen molar-refractivity contribution in [3.05, 3.63) is 84.2 Å². The summed E-state index contributed by atoms with van der Waals surface area (Å²) in [6, 6.07) is 21.7. The van der Waals surface area contributed by atoms with Gasteiger partial charge in [0, 0.05) is 11.9 Å². The SMILES string of the molecule is Cc1ccc(S(C)(=O)=O)cc1NC(=O)Cn1c(COc2ccccc2)nc2ccccc21. The smallest absolute Gasteiger partial charge is 0.244 e. The Kier molecular flexibility index (Phi) is 5.96. The van der Waals surface area contributed by atoms with Gasteiger partial charge in [0.15, 0.2) is 9.84 Å². The van der Waals surface area contributed by atoms with E-state index in [-0.39, 0.29) is 24.0 Å². The molecule has 0 radical (unpaired) electrons. The average Bonchev–Trinajstić information content (AvgIpc) is 3.11. The van der Waals surface area contributed by atoms with Crippen LogP contribution >= 0.6 is 0 Å². The Morgan fingerprint density at radius 1 is 1.03 bits per heavy atom. The molecule has 32 heavy (non-hydrogen) atoms. The highest BCUT2D eigenvalue weighted by molar-refractivity contribution is 7.90. The number of nitrogens with zero attached hydrogens (tertiary/aromatic N) is 2. The van der Waals surface area contributed by atoms with Crippen LogP contribution in [0.2, 0.25) is 0 Å². The Hall–Kier alpha value is -3.65. The number of aromatic nitrogens is 2. The molecule has 0 aliphatic rings. The van der Waals surface area contributed by atoms with E-state index in [2.05, 4.69) is 10.3 Å². The minimum Gasteiger partial charge on any atom is -0.486 e. The fraction of sp³-hybridized carbons (Fsp3) is 0.167. The second-order valence-electron chi connectivity index (χ2n) is 7.50. The quantitative estimate of drug-likeness (QED) is 0.461. The molecule has 1 N–H and O–H groups in total. The molecule has 7 nitrogen and oxygen atoms in total. The van der Waals surface area contributed by atoms with E-state index in [1.807, 2.05) is 66.1 Å². The maximum absolute atomic E-state index is 12.9. The summed E-state index contributed by atoms with van der Waals surface area (Å²) >= 11 is 0. The van der Waals surface area contributed by atoms with E-state index in [4.69, 9.17) is 4.74 Å². The molecule has 8 heteroatoms. The zero-order valence-corrected chi connectivity index (χ0v) is 18.6. The van der Waals surface area contributed by atoms with Crippen molar-refractivity contribution >= 4 is 32.5 Å². The molecule has 3 aromatic carbocycles. The van der Waals surface area contributed by atoms with Crippen LogP contribution in [-0.4, -0.2) is 30.1 Å². The van der Waals surface area contributed by atoms with Crippen molar-refractivity contribution in [1.82, 2.24) is 9.55 Å². The molecule has 1 amide bonds. The van der Waals surface area contributed by atoms with Crippen LogP contribution in [0.5, 0.6) is 5.75 Å². The summed E-state index contributed by atoms with van der Waals surface area (Å²) in [5.41, 5.74) is 2.82. The third-order valence-electron chi connectivity index (χ3n) is 5.06. The normalized spacial score (nSPS) is 11.4. The highest BCUT2D eigenvalue weighted by Crippen LogP contribution is 2.22. The second-order valence-corrected chi connectivity index (χ2v) is 9.52. The predicted molar refractivity (Wildman–Crippen MR) is 123 cm³/mol. The van der Waals surface area contributed by atoms with Crippen LogP contribution < -0.4 is 10.1 Å². The molecule has 4 rings (SSSR count). The lowest BCUT2D eigenvalue weighted by molar-refractivity contribution is -0.116. The van der Waals surface area contributed by atoms with Crippen LogP contribution in [0.15, 0.2) is 77.7 Å². The number of amides is 1. The lowest BCUT2D eigenvalue weighted by atomic mass is 10.2. The number of rotatable bonds is 7. The van der Waals surface area contributed by atoms with E-state index in [1.54, 1.807) is 6.07 Å². The van der Waals surface area contributed by atoms with Crippen molar-refractivity contribution in [3.8, 4) is 5.75 Å². The van der Waals surface area contributed by atoms with Crippen LogP contribution in [0.25, 0.3) is 11.0 Å². The molecular formula is C24H23N3O4S. The van der Waals surface area contributed by atoms with Gasteiger partial charge in [0.05, 0.1) is 15.9 Å². The van der Waals surface area contributed by atoms with Gasteiger partial charge in [-0.3, -0.25) is 4.79 Å². The number of imidazole rings is 1. The highest BCUT2D eigenvalue weighted by Gasteiger charge is 2.16. The Bertz CT molecular complexity index is 1380. The molecule has 164 valence electrons. The van der Waals surface area contributed by atoms with Crippen LogP contribution in [0.1, 0.15) is 11.4 Å². The van der Waals surface area contributed by atoms with Crippen molar-refractivity contribution < 1.29 is 17.9 Å². The van der Waals surface area contributed by atoms with Gasteiger partial charge in [-0.15, -0.1) is 0 Å². The lowest BCUT2D eigenvalue weighted by Gasteiger charge is -2.13. The van der Waals surface area contributed by atoms with Crippen LogP contribution in [-0.2, 0) is 27.8 Å². The molecule has 0 spiro atoms. The first kappa shape index (κ1) is 21.6. The van der Waals surface area contributed by atoms with Crippen molar-refractivity contribution in [3.63, 3.8) is 0 Å². The summed E-state index contributed by atoms with van der Waals surface area (Å²) in [7, 11) is -3.38. The molecule has 0 unspecified atom stereocenters. The molecule has 0 fully saturated rings. The second kappa shape index (κ2) is 8.84. The Balaban J connectivity index is 1.59. The molecule has 0 bridgehead atoms. The Morgan fingerprint density at radius 2 is 1.75 bits per heavy atom. The number of para-hydroxylation sites is 3. The fourth-order valence-corrected chi connectivity index (χ4v) is 4.02. The number of benzene rings is 3. The number of aryl methyl sites for hydroxylation is 1. The van der Waals surface area contributed by atoms with Gasteiger partial charge in [0.2, 0.25) is 5.91 Å². The summed E-state index contributed by atoms with van der Waals surface area (Å²) < 4.78 is 31.4. The highest BCUT2D eigenvalue weighted by atomic mass is 32.2. The zero-order valence-electron chi connectivity index (χ0n) is 17.8. The summed E-state index contributed by atoms with van der Waals surface area (Å²) in [6.45, 7) is 2.03. The van der Waals surface area contributed by atoms with Gasteiger partial charge in [0.1, 0.15) is 24.7 Å². The zero-order chi connectivity index (χ0) is 22.7. The lowest BCUT2D eigenvalue weighted by Crippen LogP contribution is -2.21. The van der Waals surface area contributed by atoms with E-state index >= 15 is 0 Å². The summed E-state index contributed by atoms with van der Waals surface area (Å²) in [5, 5.41) is 2.83. The van der Waals surface area contributed by atoms with Crippen molar-refractivity contribution in [2.45, 2.75) is 25.0 Å². The van der Waals surface area contributed by atoms with Gasteiger partial charge >= 0.3 is 0 Å². The number of carbonyl (C=O) groups is 1. The Morgan fingerprint density at radius 3 is 2.50 bits per heavy atom. The summed E-state index contributed by atoms with van der Waals surface area (Å²) in [6.07, 6.45) is 1.14. The number of sulfone groups is 1. The minimum atomic E-state index is -3.38. The molecule has 4 aromatic rings.